The van der Waals surface area contributed by atoms with Crippen molar-refractivity contribution >= 4 is 40.5 Å². The van der Waals surface area contributed by atoms with E-state index in [9.17, 15) is 4.79 Å². The topological polar surface area (TPSA) is 78.9 Å². The third-order valence-electron chi connectivity index (χ3n) is 2.59. The molecule has 2 aromatic rings. The fraction of sp³-hybridized carbons (Fsp3) is 0. The van der Waals surface area contributed by atoms with Crippen LogP contribution in [0.4, 0.5) is 11.4 Å². The number of rotatable bonds is 2. The number of carbonyl (C=O) groups excluding carboxylic acids is 1. The lowest BCUT2D eigenvalue weighted by atomic mass is 10.1. The van der Waals surface area contributed by atoms with Gasteiger partial charge in [-0.3, -0.25) is 4.79 Å². The minimum atomic E-state index is -0.436. The number of nitrogens with two attached hydrogens (primary N) is 1. The first-order valence-electron chi connectivity index (χ1n) is 5.57. The molecule has 0 bridgehead atoms. The van der Waals surface area contributed by atoms with Crippen LogP contribution in [0.25, 0.3) is 0 Å². The smallest absolute Gasteiger partial charge is 0.257 e. The van der Waals surface area contributed by atoms with Crippen LogP contribution in [0, 0.1) is 11.3 Å². The molecule has 0 aromatic heterocycles. The lowest BCUT2D eigenvalue weighted by molar-refractivity contribution is 0.102. The Morgan fingerprint density at radius 3 is 2.60 bits per heavy atom. The predicted molar refractivity (Wildman–Crippen MR) is 80.0 cm³/mol. The van der Waals surface area contributed by atoms with Gasteiger partial charge in [-0.25, -0.2) is 0 Å². The number of halogens is 2. The SMILES string of the molecule is N#Cc1ccc(Cl)cc1NC(=O)c1ccc(N)cc1Cl. The minimum Gasteiger partial charge on any atom is -0.399 e. The fourth-order valence-corrected chi connectivity index (χ4v) is 2.07. The van der Waals surface area contributed by atoms with E-state index in [2.05, 4.69) is 5.32 Å². The number of nitrogen functional groups attached to an aromatic ring is 1. The summed E-state index contributed by atoms with van der Waals surface area (Å²) in [6.45, 7) is 0. The van der Waals surface area contributed by atoms with E-state index in [4.69, 9.17) is 34.2 Å². The molecule has 2 aromatic carbocycles. The zero-order valence-corrected chi connectivity index (χ0v) is 11.7. The number of nitriles is 1. The molecule has 0 aliphatic carbocycles. The van der Waals surface area contributed by atoms with Gasteiger partial charge in [0.1, 0.15) is 6.07 Å². The van der Waals surface area contributed by atoms with E-state index in [1.165, 1.54) is 24.3 Å². The molecule has 3 N–H and O–H groups in total. The first-order chi connectivity index (χ1) is 9.51. The van der Waals surface area contributed by atoms with E-state index in [-0.39, 0.29) is 10.6 Å². The number of benzene rings is 2. The van der Waals surface area contributed by atoms with Crippen LogP contribution in [-0.4, -0.2) is 5.91 Å². The van der Waals surface area contributed by atoms with Crippen molar-refractivity contribution in [2.24, 2.45) is 0 Å². The van der Waals surface area contributed by atoms with Gasteiger partial charge in [-0.1, -0.05) is 23.2 Å². The summed E-state index contributed by atoms with van der Waals surface area (Å²) in [5.41, 5.74) is 6.95. The van der Waals surface area contributed by atoms with E-state index in [1.807, 2.05) is 6.07 Å². The molecule has 0 aliphatic rings. The molecule has 0 spiro atoms. The second-order valence-electron chi connectivity index (χ2n) is 4.00. The van der Waals surface area contributed by atoms with Crippen molar-refractivity contribution in [2.45, 2.75) is 0 Å². The van der Waals surface area contributed by atoms with Crippen molar-refractivity contribution in [3.8, 4) is 6.07 Å². The summed E-state index contributed by atoms with van der Waals surface area (Å²) in [7, 11) is 0. The fourth-order valence-electron chi connectivity index (χ4n) is 1.62. The lowest BCUT2D eigenvalue weighted by Gasteiger charge is -2.09. The Bertz CT molecular complexity index is 723. The van der Waals surface area contributed by atoms with E-state index >= 15 is 0 Å². The van der Waals surface area contributed by atoms with Gasteiger partial charge in [-0.2, -0.15) is 5.26 Å². The summed E-state index contributed by atoms with van der Waals surface area (Å²) >= 11 is 11.8. The molecular formula is C14H9Cl2N3O. The third-order valence-corrected chi connectivity index (χ3v) is 3.14. The monoisotopic (exact) mass is 305 g/mol. The van der Waals surface area contributed by atoms with Crippen LogP contribution in [0.1, 0.15) is 15.9 Å². The van der Waals surface area contributed by atoms with Gasteiger partial charge in [0.15, 0.2) is 0 Å². The van der Waals surface area contributed by atoms with Crippen molar-refractivity contribution in [1.29, 1.82) is 5.26 Å². The number of hydrogen-bond acceptors (Lipinski definition) is 3. The Morgan fingerprint density at radius 2 is 1.95 bits per heavy atom. The summed E-state index contributed by atoms with van der Waals surface area (Å²) in [6.07, 6.45) is 0. The molecule has 0 unspecified atom stereocenters. The van der Waals surface area contributed by atoms with Crippen LogP contribution in [-0.2, 0) is 0 Å². The van der Waals surface area contributed by atoms with Gasteiger partial charge in [0.05, 0.1) is 21.8 Å². The lowest BCUT2D eigenvalue weighted by Crippen LogP contribution is -2.13. The summed E-state index contributed by atoms with van der Waals surface area (Å²) in [5, 5.41) is 12.3. The van der Waals surface area contributed by atoms with Gasteiger partial charge in [-0.05, 0) is 36.4 Å². The number of anilines is 2. The van der Waals surface area contributed by atoms with Gasteiger partial charge in [-0.15, -0.1) is 0 Å². The summed E-state index contributed by atoms with van der Waals surface area (Å²) in [6, 6.07) is 11.2. The zero-order chi connectivity index (χ0) is 14.7. The highest BCUT2D eigenvalue weighted by atomic mass is 35.5. The summed E-state index contributed by atoms with van der Waals surface area (Å²) < 4.78 is 0. The highest BCUT2D eigenvalue weighted by Gasteiger charge is 2.13. The average Bonchev–Trinajstić information content (AvgIpc) is 2.38. The average molecular weight is 306 g/mol. The summed E-state index contributed by atoms with van der Waals surface area (Å²) in [5.74, 6) is -0.436. The van der Waals surface area contributed by atoms with Crippen molar-refractivity contribution in [3.05, 3.63) is 57.6 Å². The van der Waals surface area contributed by atoms with Crippen molar-refractivity contribution in [1.82, 2.24) is 0 Å². The Labute approximate surface area is 125 Å². The maximum atomic E-state index is 12.1. The van der Waals surface area contributed by atoms with Crippen LogP contribution < -0.4 is 11.1 Å². The molecule has 0 saturated heterocycles. The van der Waals surface area contributed by atoms with E-state index in [0.717, 1.165) is 0 Å². The first kappa shape index (κ1) is 14.2. The molecule has 4 nitrogen and oxygen atoms in total. The number of hydrogen-bond donors (Lipinski definition) is 2. The van der Waals surface area contributed by atoms with Gasteiger partial charge in [0.25, 0.3) is 5.91 Å². The molecule has 0 fully saturated rings. The van der Waals surface area contributed by atoms with Crippen molar-refractivity contribution in [2.75, 3.05) is 11.1 Å². The van der Waals surface area contributed by atoms with Gasteiger partial charge >= 0.3 is 0 Å². The standard InChI is InChI=1S/C14H9Cl2N3O/c15-9-2-1-8(7-17)13(5-9)19-14(20)11-4-3-10(18)6-12(11)16/h1-6H,18H2,(H,19,20). The Balaban J connectivity index is 2.33. The highest BCUT2D eigenvalue weighted by Crippen LogP contribution is 2.24. The van der Waals surface area contributed by atoms with E-state index in [1.54, 1.807) is 12.1 Å². The predicted octanol–water partition coefficient (Wildman–Crippen LogP) is 3.70. The molecule has 20 heavy (non-hydrogen) atoms. The molecule has 0 saturated carbocycles. The number of carbonyl (C=O) groups is 1. The van der Waals surface area contributed by atoms with Gasteiger partial charge < -0.3 is 11.1 Å². The maximum absolute atomic E-state index is 12.1. The number of nitrogens with zero attached hydrogens (tertiary/aromatic N) is 1. The second-order valence-corrected chi connectivity index (χ2v) is 4.84. The number of amides is 1. The highest BCUT2D eigenvalue weighted by molar-refractivity contribution is 6.35. The molecule has 6 heteroatoms. The van der Waals surface area contributed by atoms with E-state index in [0.29, 0.717) is 22.0 Å². The minimum absolute atomic E-state index is 0.239. The number of nitrogens with one attached hydrogen (secondary N) is 1. The molecule has 2 rings (SSSR count). The van der Waals surface area contributed by atoms with Crippen LogP contribution in [0.3, 0.4) is 0 Å². The van der Waals surface area contributed by atoms with Gasteiger partial charge in [0.2, 0.25) is 0 Å². The molecule has 0 aliphatic heterocycles. The van der Waals surface area contributed by atoms with Crippen LogP contribution in [0.5, 0.6) is 0 Å². The first-order valence-corrected chi connectivity index (χ1v) is 6.33. The molecule has 0 atom stereocenters. The Kier molecular flexibility index (Phi) is 4.14. The molecular weight excluding hydrogens is 297 g/mol. The zero-order valence-electron chi connectivity index (χ0n) is 10.2. The molecule has 0 heterocycles. The third kappa shape index (κ3) is 3.02. The summed E-state index contributed by atoms with van der Waals surface area (Å²) in [4.78, 5) is 12.1. The maximum Gasteiger partial charge on any atom is 0.257 e. The molecule has 0 radical (unpaired) electrons. The Morgan fingerprint density at radius 1 is 1.20 bits per heavy atom. The normalized spacial score (nSPS) is 9.85. The van der Waals surface area contributed by atoms with E-state index < -0.39 is 5.91 Å². The van der Waals surface area contributed by atoms with Gasteiger partial charge in [0, 0.05) is 10.7 Å². The van der Waals surface area contributed by atoms with Crippen molar-refractivity contribution in [3.63, 3.8) is 0 Å². The second kappa shape index (κ2) is 5.83. The molecule has 100 valence electrons. The van der Waals surface area contributed by atoms with Crippen molar-refractivity contribution < 1.29 is 4.79 Å². The molecule has 1 amide bonds. The largest absolute Gasteiger partial charge is 0.399 e. The van der Waals surface area contributed by atoms with Crippen LogP contribution in [0.2, 0.25) is 10.0 Å². The quantitative estimate of drug-likeness (QED) is 0.830. The Hall–Kier alpha value is -2.22. The van der Waals surface area contributed by atoms with Crippen LogP contribution >= 0.6 is 23.2 Å². The van der Waals surface area contributed by atoms with Crippen LogP contribution in [0.15, 0.2) is 36.4 Å².